The van der Waals surface area contributed by atoms with E-state index in [9.17, 15) is 19.5 Å². The van der Waals surface area contributed by atoms with Crippen LogP contribution in [0.3, 0.4) is 0 Å². The van der Waals surface area contributed by atoms with Crippen molar-refractivity contribution in [2.45, 2.75) is 71.4 Å². The lowest BCUT2D eigenvalue weighted by Gasteiger charge is -2.29. The fraction of sp³-hybridized carbons (Fsp3) is 0.480. The molecule has 1 atom stereocenters. The third kappa shape index (κ3) is 6.42. The molecule has 172 valence electrons. The standard InChI is InChI=1S/C25H31NO5S/c1-16(27)22-10-17(15-32-22)13-26(14-24(30)31-25(2,3)4)23(29)12-19-7-5-6-18-11-20(28)8-9-21(18)19/h8-11,15,19,28H,5-7,12-14H2,1-4H3. The second-order valence-electron chi connectivity index (χ2n) is 9.39. The fourth-order valence-electron chi connectivity index (χ4n) is 4.08. The summed E-state index contributed by atoms with van der Waals surface area (Å²) in [6.07, 6.45) is 3.01. The Balaban J connectivity index is 1.78. The summed E-state index contributed by atoms with van der Waals surface area (Å²) in [7, 11) is 0. The molecule has 1 heterocycles. The number of aryl methyl sites for hydroxylation is 1. The molecule has 1 aliphatic rings. The highest BCUT2D eigenvalue weighted by molar-refractivity contribution is 7.12. The number of hydrogen-bond donors (Lipinski definition) is 1. The molecule has 7 heteroatoms. The number of aromatic hydroxyl groups is 1. The third-order valence-corrected chi connectivity index (χ3v) is 6.53. The Morgan fingerprint density at radius 3 is 2.62 bits per heavy atom. The van der Waals surface area contributed by atoms with E-state index < -0.39 is 11.6 Å². The van der Waals surface area contributed by atoms with Gasteiger partial charge in [0.05, 0.1) is 4.88 Å². The average Bonchev–Trinajstić information content (AvgIpc) is 3.15. The van der Waals surface area contributed by atoms with Gasteiger partial charge in [-0.25, -0.2) is 0 Å². The molecule has 3 rings (SSSR count). The molecule has 0 aliphatic heterocycles. The minimum atomic E-state index is -0.639. The molecular weight excluding hydrogens is 426 g/mol. The van der Waals surface area contributed by atoms with E-state index >= 15 is 0 Å². The number of Topliss-reactive ketones (excluding diaryl/α,β-unsaturated/α-hetero) is 1. The Labute approximate surface area is 193 Å². The lowest BCUT2D eigenvalue weighted by Crippen LogP contribution is -2.39. The van der Waals surface area contributed by atoms with Gasteiger partial charge in [-0.3, -0.25) is 14.4 Å². The average molecular weight is 458 g/mol. The number of ketones is 1. The molecule has 1 aromatic heterocycles. The highest BCUT2D eigenvalue weighted by atomic mass is 32.1. The zero-order valence-electron chi connectivity index (χ0n) is 19.1. The summed E-state index contributed by atoms with van der Waals surface area (Å²) >= 11 is 1.34. The van der Waals surface area contributed by atoms with Crippen molar-refractivity contribution in [1.82, 2.24) is 4.90 Å². The molecule has 1 aromatic carbocycles. The number of hydrogen-bond acceptors (Lipinski definition) is 6. The molecule has 0 saturated heterocycles. The van der Waals surface area contributed by atoms with Crippen LogP contribution in [-0.4, -0.2) is 39.8 Å². The summed E-state index contributed by atoms with van der Waals surface area (Å²) in [6.45, 7) is 7.00. The predicted molar refractivity (Wildman–Crippen MR) is 124 cm³/mol. The van der Waals surface area contributed by atoms with Gasteiger partial charge in [-0.1, -0.05) is 6.07 Å². The molecule has 0 saturated carbocycles. The van der Waals surface area contributed by atoms with Gasteiger partial charge < -0.3 is 14.7 Å². The number of carbonyl (C=O) groups excluding carboxylic acids is 3. The Kier molecular flexibility index (Phi) is 7.39. The first-order valence-corrected chi connectivity index (χ1v) is 11.8. The predicted octanol–water partition coefficient (Wildman–Crippen LogP) is 4.84. The zero-order valence-corrected chi connectivity index (χ0v) is 20.0. The van der Waals surface area contributed by atoms with E-state index in [4.69, 9.17) is 4.74 Å². The number of phenols is 1. The fourth-order valence-corrected chi connectivity index (χ4v) is 4.88. The van der Waals surface area contributed by atoms with Gasteiger partial charge in [-0.05, 0) is 93.1 Å². The van der Waals surface area contributed by atoms with Crippen LogP contribution in [-0.2, 0) is 27.3 Å². The van der Waals surface area contributed by atoms with Gasteiger partial charge in [0.25, 0.3) is 0 Å². The quantitative estimate of drug-likeness (QED) is 0.475. The Hall–Kier alpha value is -2.67. The van der Waals surface area contributed by atoms with E-state index in [2.05, 4.69) is 0 Å². The third-order valence-electron chi connectivity index (χ3n) is 5.45. The lowest BCUT2D eigenvalue weighted by molar-refractivity contribution is -0.159. The zero-order chi connectivity index (χ0) is 23.5. The van der Waals surface area contributed by atoms with Crippen molar-refractivity contribution in [1.29, 1.82) is 0 Å². The van der Waals surface area contributed by atoms with Crippen LogP contribution in [0.2, 0.25) is 0 Å². The number of amides is 1. The first-order valence-electron chi connectivity index (χ1n) is 10.9. The molecule has 6 nitrogen and oxygen atoms in total. The lowest BCUT2D eigenvalue weighted by atomic mass is 9.80. The molecule has 1 N–H and O–H groups in total. The molecule has 0 fully saturated rings. The number of thiophene rings is 1. The maximum atomic E-state index is 13.3. The molecule has 2 aromatic rings. The summed E-state index contributed by atoms with van der Waals surface area (Å²) in [5.41, 5.74) is 2.36. The van der Waals surface area contributed by atoms with Crippen molar-refractivity contribution in [3.8, 4) is 5.75 Å². The van der Waals surface area contributed by atoms with Crippen LogP contribution < -0.4 is 0 Å². The summed E-state index contributed by atoms with van der Waals surface area (Å²) < 4.78 is 5.45. The molecule has 0 radical (unpaired) electrons. The van der Waals surface area contributed by atoms with Crippen molar-refractivity contribution in [3.05, 3.63) is 51.2 Å². The smallest absolute Gasteiger partial charge is 0.326 e. The summed E-state index contributed by atoms with van der Waals surface area (Å²) in [4.78, 5) is 39.7. The summed E-state index contributed by atoms with van der Waals surface area (Å²) in [6, 6.07) is 7.12. The van der Waals surface area contributed by atoms with Crippen LogP contribution in [0.1, 0.15) is 79.2 Å². The van der Waals surface area contributed by atoms with E-state index in [1.54, 1.807) is 39.0 Å². The molecule has 1 unspecified atom stereocenters. The number of benzene rings is 1. The monoisotopic (exact) mass is 457 g/mol. The van der Waals surface area contributed by atoms with Gasteiger partial charge in [0.1, 0.15) is 17.9 Å². The summed E-state index contributed by atoms with van der Waals surface area (Å²) in [5.74, 6) is -0.322. The largest absolute Gasteiger partial charge is 0.508 e. The second kappa shape index (κ2) is 9.86. The van der Waals surface area contributed by atoms with Crippen LogP contribution in [0.5, 0.6) is 5.75 Å². The highest BCUT2D eigenvalue weighted by Gasteiger charge is 2.28. The van der Waals surface area contributed by atoms with E-state index in [-0.39, 0.29) is 42.9 Å². The maximum absolute atomic E-state index is 13.3. The minimum absolute atomic E-state index is 0.0201. The number of fused-ring (bicyclic) bond motifs is 1. The van der Waals surface area contributed by atoms with Crippen molar-refractivity contribution >= 4 is 29.0 Å². The van der Waals surface area contributed by atoms with E-state index in [1.807, 2.05) is 11.4 Å². The number of nitrogens with zero attached hydrogens (tertiary/aromatic N) is 1. The van der Waals surface area contributed by atoms with Gasteiger partial charge in [-0.2, -0.15) is 0 Å². The Bertz CT molecular complexity index is 1000. The van der Waals surface area contributed by atoms with Gasteiger partial charge >= 0.3 is 5.97 Å². The first-order chi connectivity index (χ1) is 15.0. The molecule has 0 bridgehead atoms. The van der Waals surface area contributed by atoms with Gasteiger partial charge in [-0.15, -0.1) is 11.3 Å². The number of ether oxygens (including phenoxy) is 1. The number of phenolic OH excluding ortho intramolecular Hbond substituents is 1. The normalized spacial score (nSPS) is 15.7. The van der Waals surface area contributed by atoms with Gasteiger partial charge in [0.2, 0.25) is 5.91 Å². The minimum Gasteiger partial charge on any atom is -0.508 e. The molecule has 1 amide bonds. The molecular formula is C25H31NO5S. The number of carbonyl (C=O) groups is 3. The van der Waals surface area contributed by atoms with E-state index in [0.29, 0.717) is 4.88 Å². The topological polar surface area (TPSA) is 83.9 Å². The molecule has 1 aliphatic carbocycles. The van der Waals surface area contributed by atoms with E-state index in [0.717, 1.165) is 36.0 Å². The van der Waals surface area contributed by atoms with Crippen molar-refractivity contribution < 1.29 is 24.2 Å². The molecule has 32 heavy (non-hydrogen) atoms. The second-order valence-corrected chi connectivity index (χ2v) is 10.3. The first kappa shape index (κ1) is 24.0. The van der Waals surface area contributed by atoms with Crippen LogP contribution in [0.4, 0.5) is 0 Å². The Morgan fingerprint density at radius 2 is 1.97 bits per heavy atom. The van der Waals surface area contributed by atoms with Crippen molar-refractivity contribution in [2.75, 3.05) is 6.54 Å². The van der Waals surface area contributed by atoms with E-state index in [1.165, 1.54) is 23.2 Å². The van der Waals surface area contributed by atoms with Crippen LogP contribution in [0, 0.1) is 0 Å². The van der Waals surface area contributed by atoms with Crippen molar-refractivity contribution in [2.24, 2.45) is 0 Å². The van der Waals surface area contributed by atoms with Crippen LogP contribution in [0.15, 0.2) is 29.6 Å². The number of rotatable bonds is 7. The van der Waals surface area contributed by atoms with Gasteiger partial charge in [0, 0.05) is 13.0 Å². The Morgan fingerprint density at radius 1 is 1.22 bits per heavy atom. The van der Waals surface area contributed by atoms with Crippen LogP contribution in [0.25, 0.3) is 0 Å². The van der Waals surface area contributed by atoms with Crippen LogP contribution >= 0.6 is 11.3 Å². The summed E-state index contributed by atoms with van der Waals surface area (Å²) in [5, 5.41) is 11.6. The maximum Gasteiger partial charge on any atom is 0.326 e. The SMILES string of the molecule is CC(=O)c1cc(CN(CC(=O)OC(C)(C)C)C(=O)CC2CCCc3cc(O)ccc32)cs1. The van der Waals surface area contributed by atoms with Crippen molar-refractivity contribution in [3.63, 3.8) is 0 Å². The van der Waals surface area contributed by atoms with Gasteiger partial charge in [0.15, 0.2) is 5.78 Å². The number of esters is 1. The molecule has 0 spiro atoms. The highest BCUT2D eigenvalue weighted by Crippen LogP contribution is 2.36.